The number of hydrogen-bond donors (Lipinski definition) is 0. The summed E-state index contributed by atoms with van der Waals surface area (Å²) in [6.07, 6.45) is 1.30. The van der Waals surface area contributed by atoms with E-state index >= 15 is 0 Å². The van der Waals surface area contributed by atoms with Gasteiger partial charge in [0.25, 0.3) is 5.78 Å². The Labute approximate surface area is 150 Å². The molecule has 25 heavy (non-hydrogen) atoms. The van der Waals surface area contributed by atoms with Crippen molar-refractivity contribution in [3.05, 3.63) is 17.5 Å². The number of piperidine rings is 1. The number of nitrogens with zero attached hydrogens (tertiary/aromatic N) is 5. The number of carbonyl (C=O) groups is 2. The zero-order valence-electron chi connectivity index (χ0n) is 14.6. The van der Waals surface area contributed by atoms with Gasteiger partial charge in [0, 0.05) is 24.5 Å². The van der Waals surface area contributed by atoms with E-state index in [0.29, 0.717) is 36.9 Å². The van der Waals surface area contributed by atoms with Gasteiger partial charge in [-0.15, -0.1) is 10.2 Å². The molecule has 1 fully saturated rings. The summed E-state index contributed by atoms with van der Waals surface area (Å²) in [5, 5.41) is 8.88. The smallest absolute Gasteiger partial charge is 0.308 e. The van der Waals surface area contributed by atoms with Crippen LogP contribution in [0, 0.1) is 19.8 Å². The number of likely N-dealkylation sites (tertiary alicyclic amines) is 1. The quantitative estimate of drug-likeness (QED) is 0.596. The third-order valence-corrected chi connectivity index (χ3v) is 5.28. The van der Waals surface area contributed by atoms with E-state index in [2.05, 4.69) is 15.2 Å². The molecule has 2 aromatic heterocycles. The van der Waals surface area contributed by atoms with Crippen molar-refractivity contribution in [2.24, 2.45) is 5.92 Å². The Hall–Kier alpha value is -2.16. The van der Waals surface area contributed by atoms with Crippen LogP contribution in [0.3, 0.4) is 0 Å². The van der Waals surface area contributed by atoms with Crippen LogP contribution in [0.1, 0.15) is 24.2 Å². The molecule has 1 saturated heterocycles. The van der Waals surface area contributed by atoms with Crippen molar-refractivity contribution in [2.45, 2.75) is 31.8 Å². The zero-order chi connectivity index (χ0) is 18.0. The zero-order valence-corrected chi connectivity index (χ0v) is 15.4. The van der Waals surface area contributed by atoms with Gasteiger partial charge in [-0.25, -0.2) is 4.98 Å². The van der Waals surface area contributed by atoms with Crippen LogP contribution in [0.2, 0.25) is 0 Å². The molecule has 0 saturated carbocycles. The van der Waals surface area contributed by atoms with Gasteiger partial charge in [0.15, 0.2) is 5.16 Å². The first-order valence-corrected chi connectivity index (χ1v) is 9.16. The van der Waals surface area contributed by atoms with Crippen LogP contribution in [-0.2, 0) is 14.3 Å². The van der Waals surface area contributed by atoms with Crippen molar-refractivity contribution < 1.29 is 14.3 Å². The van der Waals surface area contributed by atoms with Crippen LogP contribution in [0.4, 0.5) is 0 Å². The lowest BCUT2D eigenvalue weighted by atomic mass is 9.97. The summed E-state index contributed by atoms with van der Waals surface area (Å²) in [7, 11) is 1.40. The molecule has 1 aliphatic rings. The SMILES string of the molecule is COC(=O)C1CCN(C(=O)CSc2nnc3nc(C)cc(C)n23)CC1. The Balaban J connectivity index is 1.59. The maximum absolute atomic E-state index is 12.4. The number of carbonyl (C=O) groups excluding carboxylic acids is 2. The molecule has 3 heterocycles. The van der Waals surface area contributed by atoms with E-state index in [4.69, 9.17) is 4.74 Å². The number of hydrogen-bond acceptors (Lipinski definition) is 7. The van der Waals surface area contributed by atoms with Crippen molar-refractivity contribution in [1.29, 1.82) is 0 Å². The van der Waals surface area contributed by atoms with Gasteiger partial charge >= 0.3 is 5.97 Å². The van der Waals surface area contributed by atoms with E-state index in [1.165, 1.54) is 18.9 Å². The molecule has 0 aromatic carbocycles. The number of aryl methyl sites for hydroxylation is 2. The molecule has 0 N–H and O–H groups in total. The summed E-state index contributed by atoms with van der Waals surface area (Å²) < 4.78 is 6.63. The van der Waals surface area contributed by atoms with Crippen LogP contribution in [0.5, 0.6) is 0 Å². The van der Waals surface area contributed by atoms with Crippen LogP contribution in [-0.4, -0.2) is 62.3 Å². The lowest BCUT2D eigenvalue weighted by molar-refractivity contribution is -0.148. The van der Waals surface area contributed by atoms with Crippen LogP contribution < -0.4 is 0 Å². The molecule has 1 aliphatic heterocycles. The first-order valence-electron chi connectivity index (χ1n) is 8.17. The van der Waals surface area contributed by atoms with E-state index in [0.717, 1.165) is 11.4 Å². The Morgan fingerprint density at radius 2 is 2.00 bits per heavy atom. The fourth-order valence-electron chi connectivity index (χ4n) is 3.04. The summed E-state index contributed by atoms with van der Waals surface area (Å²) in [6.45, 7) is 5.05. The molecule has 134 valence electrons. The average molecular weight is 363 g/mol. The minimum absolute atomic E-state index is 0.0442. The van der Waals surface area contributed by atoms with E-state index in [-0.39, 0.29) is 23.5 Å². The third-order valence-electron chi connectivity index (χ3n) is 4.37. The number of methoxy groups -OCH3 is 1. The molecule has 0 spiro atoms. The summed E-state index contributed by atoms with van der Waals surface area (Å²) in [6, 6.07) is 1.96. The van der Waals surface area contributed by atoms with Gasteiger partial charge in [-0.3, -0.25) is 14.0 Å². The van der Waals surface area contributed by atoms with Gasteiger partial charge in [0.2, 0.25) is 5.91 Å². The molecule has 3 rings (SSSR count). The van der Waals surface area contributed by atoms with Gasteiger partial charge in [0.1, 0.15) is 0 Å². The first-order chi connectivity index (χ1) is 12.0. The van der Waals surface area contributed by atoms with Crippen LogP contribution in [0.15, 0.2) is 11.2 Å². The van der Waals surface area contributed by atoms with Crippen molar-refractivity contribution in [2.75, 3.05) is 26.0 Å². The number of thioether (sulfide) groups is 1. The van der Waals surface area contributed by atoms with Gasteiger partial charge in [-0.05, 0) is 32.8 Å². The van der Waals surface area contributed by atoms with Gasteiger partial charge < -0.3 is 9.64 Å². The minimum atomic E-state index is -0.185. The maximum atomic E-state index is 12.4. The Kier molecular flexibility index (Phi) is 5.22. The lowest BCUT2D eigenvalue weighted by Gasteiger charge is -2.30. The third kappa shape index (κ3) is 3.76. The molecule has 8 nitrogen and oxygen atoms in total. The summed E-state index contributed by atoms with van der Waals surface area (Å²) in [5.74, 6) is 0.597. The highest BCUT2D eigenvalue weighted by atomic mass is 32.2. The second-order valence-electron chi connectivity index (χ2n) is 6.12. The number of fused-ring (bicyclic) bond motifs is 1. The van der Waals surface area contributed by atoms with E-state index in [9.17, 15) is 9.59 Å². The molecular formula is C16H21N5O3S. The topological polar surface area (TPSA) is 89.7 Å². The van der Waals surface area contributed by atoms with Crippen molar-refractivity contribution in [1.82, 2.24) is 24.5 Å². The predicted octanol–water partition coefficient (Wildman–Crippen LogP) is 1.24. The molecule has 1 amide bonds. The fourth-order valence-corrected chi connectivity index (χ4v) is 3.93. The Bertz CT molecular complexity index is 798. The maximum Gasteiger partial charge on any atom is 0.308 e. The molecule has 9 heteroatoms. The van der Waals surface area contributed by atoms with Crippen molar-refractivity contribution >= 4 is 29.4 Å². The normalized spacial score (nSPS) is 15.6. The lowest BCUT2D eigenvalue weighted by Crippen LogP contribution is -2.41. The number of amides is 1. The summed E-state index contributed by atoms with van der Waals surface area (Å²) >= 11 is 1.36. The Morgan fingerprint density at radius 3 is 2.68 bits per heavy atom. The van der Waals surface area contributed by atoms with Gasteiger partial charge in [0.05, 0.1) is 18.8 Å². The molecule has 0 unspecified atom stereocenters. The van der Waals surface area contributed by atoms with Crippen molar-refractivity contribution in [3.8, 4) is 0 Å². The molecule has 0 atom stereocenters. The minimum Gasteiger partial charge on any atom is -0.469 e. The number of rotatable bonds is 4. The highest BCUT2D eigenvalue weighted by molar-refractivity contribution is 7.99. The summed E-state index contributed by atoms with van der Waals surface area (Å²) in [5.41, 5.74) is 1.87. The number of ether oxygens (including phenoxy) is 1. The number of esters is 1. The fraction of sp³-hybridized carbons (Fsp3) is 0.562. The molecular weight excluding hydrogens is 342 g/mol. The molecule has 0 radical (unpaired) electrons. The van der Waals surface area contributed by atoms with Crippen LogP contribution >= 0.6 is 11.8 Å². The molecule has 0 aliphatic carbocycles. The predicted molar refractivity (Wildman–Crippen MR) is 92.3 cm³/mol. The van der Waals surface area contributed by atoms with Crippen molar-refractivity contribution in [3.63, 3.8) is 0 Å². The highest BCUT2D eigenvalue weighted by Crippen LogP contribution is 2.22. The largest absolute Gasteiger partial charge is 0.469 e. The van der Waals surface area contributed by atoms with Crippen LogP contribution in [0.25, 0.3) is 5.78 Å². The second-order valence-corrected chi connectivity index (χ2v) is 7.07. The Morgan fingerprint density at radius 1 is 1.28 bits per heavy atom. The van der Waals surface area contributed by atoms with Gasteiger partial charge in [-0.1, -0.05) is 11.8 Å². The monoisotopic (exact) mass is 363 g/mol. The summed E-state index contributed by atoms with van der Waals surface area (Å²) in [4.78, 5) is 30.1. The standard InChI is InChI=1S/C16H21N5O3S/c1-10-8-11(2)21-15(17-10)18-19-16(21)25-9-13(22)20-6-4-12(5-7-20)14(23)24-3/h8,12H,4-7,9H2,1-3H3. The first kappa shape index (κ1) is 17.7. The molecule has 0 bridgehead atoms. The van der Waals surface area contributed by atoms with Gasteiger partial charge in [-0.2, -0.15) is 0 Å². The van der Waals surface area contributed by atoms with E-state index in [1.54, 1.807) is 4.90 Å². The average Bonchev–Trinajstić information content (AvgIpc) is 3.02. The number of aromatic nitrogens is 4. The molecule has 2 aromatic rings. The van der Waals surface area contributed by atoms with E-state index in [1.807, 2.05) is 24.3 Å². The highest BCUT2D eigenvalue weighted by Gasteiger charge is 2.28. The van der Waals surface area contributed by atoms with E-state index < -0.39 is 0 Å². The second kappa shape index (κ2) is 7.38.